The van der Waals surface area contributed by atoms with E-state index in [-0.39, 0.29) is 5.82 Å². The summed E-state index contributed by atoms with van der Waals surface area (Å²) in [5.74, 6) is 1.52. The van der Waals surface area contributed by atoms with Crippen molar-refractivity contribution in [1.29, 1.82) is 0 Å². The van der Waals surface area contributed by atoms with Gasteiger partial charge in [0.2, 0.25) is 0 Å². The molecule has 35 heavy (non-hydrogen) atoms. The van der Waals surface area contributed by atoms with Gasteiger partial charge in [-0.2, -0.15) is 0 Å². The van der Waals surface area contributed by atoms with Crippen molar-refractivity contribution >= 4 is 0 Å². The van der Waals surface area contributed by atoms with E-state index in [9.17, 15) is 4.39 Å². The molecule has 2 heteroatoms. The summed E-state index contributed by atoms with van der Waals surface area (Å²) in [6.45, 7) is 5.31. The van der Waals surface area contributed by atoms with Gasteiger partial charge in [0.1, 0.15) is 11.6 Å². The number of unbranched alkanes of at least 4 members (excludes halogenated alkanes) is 12. The van der Waals surface area contributed by atoms with Crippen LogP contribution in [0.5, 0.6) is 5.75 Å². The molecule has 3 rings (SSSR count). The maximum atomic E-state index is 14.9. The van der Waals surface area contributed by atoms with Gasteiger partial charge in [0.05, 0.1) is 6.61 Å². The maximum absolute atomic E-state index is 14.9. The molecule has 0 saturated heterocycles. The molecule has 0 aromatic heterocycles. The molecule has 0 bridgehead atoms. The van der Waals surface area contributed by atoms with E-state index in [2.05, 4.69) is 32.0 Å². The summed E-state index contributed by atoms with van der Waals surface area (Å²) in [4.78, 5) is 0. The summed E-state index contributed by atoms with van der Waals surface area (Å²) in [6, 6.07) is 12.2. The molecule has 1 nitrogen and oxygen atoms in total. The minimum atomic E-state index is -0.0158. The quantitative estimate of drug-likeness (QED) is 0.193. The molecule has 1 unspecified atom stereocenters. The van der Waals surface area contributed by atoms with E-state index >= 15 is 0 Å². The monoisotopic (exact) mass is 480 g/mol. The van der Waals surface area contributed by atoms with Crippen LogP contribution in [0.2, 0.25) is 0 Å². The lowest BCUT2D eigenvalue weighted by Crippen LogP contribution is -1.99. The first-order valence-corrected chi connectivity index (χ1v) is 14.8. The van der Waals surface area contributed by atoms with Gasteiger partial charge in [0.15, 0.2) is 0 Å². The van der Waals surface area contributed by atoms with Crippen LogP contribution >= 0.6 is 0 Å². The predicted molar refractivity (Wildman–Crippen MR) is 149 cm³/mol. The van der Waals surface area contributed by atoms with Crippen LogP contribution in [-0.4, -0.2) is 6.61 Å². The molecule has 0 spiro atoms. The molecule has 0 amide bonds. The molecule has 1 atom stereocenters. The first-order chi connectivity index (χ1) is 17.2. The van der Waals surface area contributed by atoms with Gasteiger partial charge in [-0.15, -0.1) is 0 Å². The SMILES string of the molecule is CCCCCCCCCCOc1ccc(-c2cc(F)c3c(c2)CC(CCCCCCCC)C3)cc1. The second-order valence-corrected chi connectivity index (χ2v) is 10.8. The third-order valence-electron chi connectivity index (χ3n) is 7.71. The zero-order valence-corrected chi connectivity index (χ0v) is 22.6. The van der Waals surface area contributed by atoms with E-state index < -0.39 is 0 Å². The number of hydrogen-bond donors (Lipinski definition) is 0. The summed E-state index contributed by atoms with van der Waals surface area (Å²) in [6.07, 6.45) is 21.7. The van der Waals surface area contributed by atoms with E-state index in [1.165, 1.54) is 95.5 Å². The Balaban J connectivity index is 1.40. The molecular formula is C33H49FO. The maximum Gasteiger partial charge on any atom is 0.127 e. The zero-order valence-electron chi connectivity index (χ0n) is 22.6. The molecule has 0 saturated carbocycles. The van der Waals surface area contributed by atoms with Gasteiger partial charge >= 0.3 is 0 Å². The summed E-state index contributed by atoms with van der Waals surface area (Å²) in [5.41, 5.74) is 4.27. The molecule has 1 aliphatic rings. The fraction of sp³-hybridized carbons (Fsp3) is 0.636. The lowest BCUT2D eigenvalue weighted by molar-refractivity contribution is 0.304. The van der Waals surface area contributed by atoms with Crippen molar-refractivity contribution in [3.05, 3.63) is 53.3 Å². The zero-order chi connectivity index (χ0) is 24.7. The van der Waals surface area contributed by atoms with Crippen LogP contribution in [0.1, 0.15) is 121 Å². The van der Waals surface area contributed by atoms with E-state index in [0.29, 0.717) is 5.92 Å². The molecule has 0 radical (unpaired) electrons. The van der Waals surface area contributed by atoms with Crippen LogP contribution in [0.4, 0.5) is 4.39 Å². The van der Waals surface area contributed by atoms with Crippen molar-refractivity contribution in [3.8, 4) is 16.9 Å². The number of benzene rings is 2. The fourth-order valence-corrected chi connectivity index (χ4v) is 5.53. The number of hydrogen-bond acceptors (Lipinski definition) is 1. The lowest BCUT2D eigenvalue weighted by atomic mass is 9.97. The largest absolute Gasteiger partial charge is 0.494 e. The first kappa shape index (κ1) is 27.8. The van der Waals surface area contributed by atoms with Crippen LogP contribution in [0.3, 0.4) is 0 Å². The fourth-order valence-electron chi connectivity index (χ4n) is 5.53. The molecule has 0 N–H and O–H groups in total. The minimum Gasteiger partial charge on any atom is -0.494 e. The molecule has 2 aromatic rings. The number of rotatable bonds is 18. The smallest absolute Gasteiger partial charge is 0.127 e. The van der Waals surface area contributed by atoms with Gasteiger partial charge in [-0.05, 0) is 72.1 Å². The van der Waals surface area contributed by atoms with Crippen LogP contribution in [-0.2, 0) is 12.8 Å². The minimum absolute atomic E-state index is 0.0158. The Morgan fingerprint density at radius 3 is 1.94 bits per heavy atom. The first-order valence-electron chi connectivity index (χ1n) is 14.8. The lowest BCUT2D eigenvalue weighted by Gasteiger charge is -2.09. The summed E-state index contributed by atoms with van der Waals surface area (Å²) in [5, 5.41) is 0. The predicted octanol–water partition coefficient (Wildman–Crippen LogP) is 10.5. The van der Waals surface area contributed by atoms with Crippen LogP contribution in [0.15, 0.2) is 36.4 Å². The van der Waals surface area contributed by atoms with E-state index in [0.717, 1.165) is 48.3 Å². The summed E-state index contributed by atoms with van der Waals surface area (Å²) >= 11 is 0. The molecule has 0 heterocycles. The standard InChI is InChI=1S/C33H49FO/c1-3-5-7-9-11-12-14-16-22-35-31-20-18-28(19-21-31)29-25-30-23-27(24-32(30)33(34)26-29)17-15-13-10-8-6-4-2/h18-21,25-27H,3-17,22-24H2,1-2H3. The van der Waals surface area contributed by atoms with Gasteiger partial charge in [-0.1, -0.05) is 116 Å². The molecule has 0 aliphatic heterocycles. The molecule has 194 valence electrons. The third kappa shape index (κ3) is 9.62. The van der Waals surface area contributed by atoms with Crippen molar-refractivity contribution in [2.45, 2.75) is 123 Å². The highest BCUT2D eigenvalue weighted by Crippen LogP contribution is 2.35. The van der Waals surface area contributed by atoms with Crippen molar-refractivity contribution < 1.29 is 9.13 Å². The summed E-state index contributed by atoms with van der Waals surface area (Å²) in [7, 11) is 0. The second kappa shape index (κ2) is 16.0. The highest BCUT2D eigenvalue weighted by Gasteiger charge is 2.24. The Morgan fingerprint density at radius 2 is 1.29 bits per heavy atom. The van der Waals surface area contributed by atoms with E-state index in [1.807, 2.05) is 12.1 Å². The Kier molecular flexibility index (Phi) is 12.7. The van der Waals surface area contributed by atoms with E-state index in [1.54, 1.807) is 6.07 Å². The average molecular weight is 481 g/mol. The Hall–Kier alpha value is -1.83. The number of fused-ring (bicyclic) bond motifs is 1. The topological polar surface area (TPSA) is 9.23 Å². The van der Waals surface area contributed by atoms with Crippen LogP contribution in [0.25, 0.3) is 11.1 Å². The van der Waals surface area contributed by atoms with Gasteiger partial charge in [0.25, 0.3) is 0 Å². The molecule has 0 fully saturated rings. The third-order valence-corrected chi connectivity index (χ3v) is 7.71. The second-order valence-electron chi connectivity index (χ2n) is 10.8. The van der Waals surface area contributed by atoms with Gasteiger partial charge in [-0.25, -0.2) is 4.39 Å². The Bertz CT molecular complexity index is 841. The highest BCUT2D eigenvalue weighted by molar-refractivity contribution is 5.66. The van der Waals surface area contributed by atoms with Gasteiger partial charge in [-0.3, -0.25) is 0 Å². The Morgan fingerprint density at radius 1 is 0.686 bits per heavy atom. The van der Waals surface area contributed by atoms with Crippen LogP contribution in [0, 0.1) is 11.7 Å². The van der Waals surface area contributed by atoms with Crippen molar-refractivity contribution in [3.63, 3.8) is 0 Å². The average Bonchev–Trinajstić information content (AvgIpc) is 3.29. The number of ether oxygens (including phenoxy) is 1. The molecule has 1 aliphatic carbocycles. The van der Waals surface area contributed by atoms with E-state index in [4.69, 9.17) is 4.74 Å². The summed E-state index contributed by atoms with van der Waals surface area (Å²) < 4.78 is 20.9. The number of halogens is 1. The molecular weight excluding hydrogens is 431 g/mol. The Labute approximate surface area is 214 Å². The van der Waals surface area contributed by atoms with Gasteiger partial charge < -0.3 is 4.74 Å². The highest BCUT2D eigenvalue weighted by atomic mass is 19.1. The van der Waals surface area contributed by atoms with Crippen LogP contribution < -0.4 is 4.74 Å². The van der Waals surface area contributed by atoms with Crippen molar-refractivity contribution in [1.82, 2.24) is 0 Å². The normalized spacial score (nSPS) is 14.9. The molecule has 2 aromatic carbocycles. The van der Waals surface area contributed by atoms with Gasteiger partial charge in [0, 0.05) is 0 Å². The van der Waals surface area contributed by atoms with Crippen molar-refractivity contribution in [2.75, 3.05) is 6.61 Å². The van der Waals surface area contributed by atoms with Crippen molar-refractivity contribution in [2.24, 2.45) is 5.92 Å².